The molecule has 0 radical (unpaired) electrons. The maximum Gasteiger partial charge on any atom is 0.263 e. The number of nitrogens with two attached hydrogens (primary N) is 3. The van der Waals surface area contributed by atoms with Crippen LogP contribution in [0.3, 0.4) is 0 Å². The number of ketones is 2. The molecule has 0 saturated heterocycles. The highest BCUT2D eigenvalue weighted by Gasteiger charge is 2.38. The van der Waals surface area contributed by atoms with Crippen molar-refractivity contribution in [1.29, 1.82) is 0 Å². The van der Waals surface area contributed by atoms with Gasteiger partial charge in [0.25, 0.3) is 11.8 Å². The molecule has 0 unspecified atom stereocenters. The molecule has 3 aromatic rings. The Morgan fingerprint density at radius 1 is 0.672 bits per heavy atom. The summed E-state index contributed by atoms with van der Waals surface area (Å²) in [6.07, 6.45) is 7.87. The second-order valence-electron chi connectivity index (χ2n) is 17.3. The van der Waals surface area contributed by atoms with Gasteiger partial charge in [0.15, 0.2) is 5.78 Å². The molecule has 3 atom stereocenters. The SMILES string of the molecule is CCC(N)(CC)C(=O)c1sc(CC(C)C)nc1[C@H](C)NC(=O)c1sc(CCCCN)nc1[C@H](CC(C)C)NC(=O)c1sc(C)nc1[C@H](CCCCN)NC(CC)(CC)C(C)=O. The zero-order chi connectivity index (χ0) is 45.7. The monoisotopic (exact) mass is 902 g/mol. The molecule has 13 nitrogen and oxygen atoms in total. The number of nitrogens with zero attached hydrogens (tertiary/aromatic N) is 3. The molecule has 16 heteroatoms. The summed E-state index contributed by atoms with van der Waals surface area (Å²) >= 11 is 4.01. The number of hydrogen-bond donors (Lipinski definition) is 6. The second kappa shape index (κ2) is 24.2. The maximum absolute atomic E-state index is 14.6. The molecule has 0 fully saturated rings. The van der Waals surface area contributed by atoms with Crippen LogP contribution >= 0.6 is 34.0 Å². The van der Waals surface area contributed by atoms with Gasteiger partial charge in [0.1, 0.15) is 15.5 Å². The minimum atomic E-state index is -1.04. The van der Waals surface area contributed by atoms with Gasteiger partial charge >= 0.3 is 0 Å². The van der Waals surface area contributed by atoms with Crippen molar-refractivity contribution >= 4 is 57.4 Å². The molecule has 3 rings (SSSR count). The number of aromatic nitrogens is 3. The topological polar surface area (TPSA) is 221 Å². The van der Waals surface area contributed by atoms with Crippen LogP contribution in [0.5, 0.6) is 0 Å². The highest BCUT2D eigenvalue weighted by molar-refractivity contribution is 7.14. The van der Waals surface area contributed by atoms with Gasteiger partial charge in [-0.15, -0.1) is 34.0 Å². The molecule has 61 heavy (non-hydrogen) atoms. The fourth-order valence-corrected chi connectivity index (χ4v) is 11.0. The number of aryl methyl sites for hydroxylation is 2. The van der Waals surface area contributed by atoms with Crippen LogP contribution in [0, 0.1) is 18.8 Å². The van der Waals surface area contributed by atoms with Gasteiger partial charge in [0.2, 0.25) is 0 Å². The van der Waals surface area contributed by atoms with Gasteiger partial charge in [-0.1, -0.05) is 61.8 Å². The smallest absolute Gasteiger partial charge is 0.263 e. The average molecular weight is 902 g/mol. The van der Waals surface area contributed by atoms with E-state index in [1.165, 1.54) is 34.0 Å². The van der Waals surface area contributed by atoms with E-state index in [1.54, 1.807) is 6.92 Å². The molecule has 0 spiro atoms. The van der Waals surface area contributed by atoms with E-state index in [4.69, 9.17) is 32.2 Å². The lowest BCUT2D eigenvalue weighted by Gasteiger charge is -2.35. The number of Topliss-reactive ketones (excluding diaryl/α,β-unsaturated/α-hetero) is 2. The predicted molar refractivity (Wildman–Crippen MR) is 252 cm³/mol. The Morgan fingerprint density at radius 2 is 1.23 bits per heavy atom. The minimum Gasteiger partial charge on any atom is -0.343 e. The third kappa shape index (κ3) is 13.8. The Labute approximate surface area is 377 Å². The summed E-state index contributed by atoms with van der Waals surface area (Å²) in [4.78, 5) is 72.6. The first-order valence-corrected chi connectivity index (χ1v) is 24.9. The molecule has 3 aromatic heterocycles. The van der Waals surface area contributed by atoms with Gasteiger partial charge in [0.05, 0.1) is 66.2 Å². The largest absolute Gasteiger partial charge is 0.343 e. The molecule has 2 amide bonds. The first-order chi connectivity index (χ1) is 28.8. The molecule has 0 aliphatic heterocycles. The van der Waals surface area contributed by atoms with Crippen LogP contribution in [0.15, 0.2) is 0 Å². The summed E-state index contributed by atoms with van der Waals surface area (Å²) in [6, 6.07) is -1.58. The van der Waals surface area contributed by atoms with E-state index in [0.29, 0.717) is 102 Å². The molecule has 3 heterocycles. The number of amides is 2. The molecule has 342 valence electrons. The van der Waals surface area contributed by atoms with Crippen molar-refractivity contribution in [2.45, 2.75) is 182 Å². The molecular formula is C45H75N9O4S3. The van der Waals surface area contributed by atoms with Crippen molar-refractivity contribution in [3.05, 3.63) is 46.7 Å². The van der Waals surface area contributed by atoms with Gasteiger partial charge < -0.3 is 27.8 Å². The van der Waals surface area contributed by atoms with Crippen LogP contribution in [0.1, 0.15) is 213 Å². The number of carbonyl (C=O) groups excluding carboxylic acids is 4. The highest BCUT2D eigenvalue weighted by atomic mass is 32.1. The van der Waals surface area contributed by atoms with Crippen LogP contribution in [-0.2, 0) is 17.6 Å². The number of hydrogen-bond acceptors (Lipinski definition) is 14. The fourth-order valence-electron chi connectivity index (χ4n) is 7.64. The summed E-state index contributed by atoms with van der Waals surface area (Å²) in [7, 11) is 0. The van der Waals surface area contributed by atoms with Crippen LogP contribution in [0.25, 0.3) is 0 Å². The standard InChI is InChI=1S/C45H75N9O4S3/c1-12-44(48,13-2)41(56)38-35(53-34(61-38)25-27(7)8)28(9)49-42(57)40-37(52-33(60-40)21-17-19-23-47)32(24-26(5)6)51-43(58)39-36(50-30(11)59-39)31(20-16-18-22-46)54-45(14-3,15-4)29(10)55/h26-28,31-32,54H,12-25,46-48H2,1-11H3,(H,49,57)(H,51,58)/t28-,31-,32-/m0/s1. The van der Waals surface area contributed by atoms with Crippen LogP contribution in [0.2, 0.25) is 0 Å². The summed E-state index contributed by atoms with van der Waals surface area (Å²) < 4.78 is 0. The van der Waals surface area contributed by atoms with Crippen LogP contribution < -0.4 is 33.2 Å². The van der Waals surface area contributed by atoms with E-state index >= 15 is 0 Å². The Kier molecular flexibility index (Phi) is 20.7. The van der Waals surface area contributed by atoms with Gasteiger partial charge in [-0.25, -0.2) is 15.0 Å². The van der Waals surface area contributed by atoms with Crippen molar-refractivity contribution in [3.8, 4) is 0 Å². The van der Waals surface area contributed by atoms with E-state index in [2.05, 4.69) is 43.6 Å². The van der Waals surface area contributed by atoms with E-state index in [9.17, 15) is 19.2 Å². The number of carbonyl (C=O) groups is 4. The lowest BCUT2D eigenvalue weighted by atomic mass is 9.86. The van der Waals surface area contributed by atoms with Crippen molar-refractivity contribution in [2.24, 2.45) is 29.0 Å². The Balaban J connectivity index is 2.11. The second-order valence-corrected chi connectivity index (χ2v) is 20.7. The van der Waals surface area contributed by atoms with Crippen molar-refractivity contribution in [1.82, 2.24) is 30.9 Å². The van der Waals surface area contributed by atoms with E-state index in [1.807, 2.05) is 41.5 Å². The third-order valence-corrected chi connectivity index (χ3v) is 14.8. The van der Waals surface area contributed by atoms with Crippen LogP contribution in [-0.4, -0.2) is 62.5 Å². The molecule has 0 aliphatic rings. The molecule has 0 aromatic carbocycles. The van der Waals surface area contributed by atoms with Crippen LogP contribution in [0.4, 0.5) is 0 Å². The quantitative estimate of drug-likeness (QED) is 0.0300. The lowest BCUT2D eigenvalue weighted by molar-refractivity contribution is -0.124. The molecule has 0 aliphatic carbocycles. The number of thiazole rings is 3. The van der Waals surface area contributed by atoms with Gasteiger partial charge in [-0.2, -0.15) is 0 Å². The molecule has 0 saturated carbocycles. The normalized spacial score (nSPS) is 13.8. The average Bonchev–Trinajstić information content (AvgIpc) is 3.95. The van der Waals surface area contributed by atoms with E-state index < -0.39 is 23.2 Å². The third-order valence-electron chi connectivity index (χ3n) is 11.6. The summed E-state index contributed by atoms with van der Waals surface area (Å²) in [5.74, 6) is -0.318. The Bertz CT molecular complexity index is 1890. The van der Waals surface area contributed by atoms with Crippen molar-refractivity contribution in [2.75, 3.05) is 13.1 Å². The molecule has 0 bridgehead atoms. The summed E-state index contributed by atoms with van der Waals surface area (Å²) in [5, 5.41) is 12.5. The van der Waals surface area contributed by atoms with Crippen molar-refractivity contribution in [3.63, 3.8) is 0 Å². The van der Waals surface area contributed by atoms with E-state index in [0.717, 1.165) is 40.7 Å². The maximum atomic E-state index is 14.6. The minimum absolute atomic E-state index is 0.0465. The van der Waals surface area contributed by atoms with Crippen molar-refractivity contribution < 1.29 is 19.2 Å². The zero-order valence-electron chi connectivity index (χ0n) is 38.7. The highest BCUT2D eigenvalue weighted by Crippen LogP contribution is 2.35. The van der Waals surface area contributed by atoms with E-state index in [-0.39, 0.29) is 35.3 Å². The first kappa shape index (κ1) is 52.4. The fraction of sp³-hybridized carbons (Fsp3) is 0.711. The van der Waals surface area contributed by atoms with Gasteiger partial charge in [-0.3, -0.25) is 24.5 Å². The molecule has 9 N–H and O–H groups in total. The zero-order valence-corrected chi connectivity index (χ0v) is 41.2. The Morgan fingerprint density at radius 3 is 1.79 bits per heavy atom. The number of rotatable bonds is 28. The first-order valence-electron chi connectivity index (χ1n) is 22.4. The number of nitrogens with one attached hydrogen (secondary N) is 3. The summed E-state index contributed by atoms with van der Waals surface area (Å²) in [6.45, 7) is 22.6. The number of unbranched alkanes of at least 4 members (excludes halogenated alkanes) is 2. The lowest BCUT2D eigenvalue weighted by Crippen LogP contribution is -2.52. The predicted octanol–water partition coefficient (Wildman–Crippen LogP) is 8.46. The Hall–Kier alpha value is -2.99. The van der Waals surface area contributed by atoms with Gasteiger partial charge in [0, 0.05) is 6.42 Å². The van der Waals surface area contributed by atoms with Gasteiger partial charge in [-0.05, 0) is 110 Å². The molecular weight excluding hydrogens is 827 g/mol. The summed E-state index contributed by atoms with van der Waals surface area (Å²) in [5.41, 5.74) is 18.2.